The van der Waals surface area contributed by atoms with Crippen LogP contribution in [-0.4, -0.2) is 0 Å². The first-order valence-corrected chi connectivity index (χ1v) is 4.44. The Labute approximate surface area is 80.0 Å². The Kier molecular flexibility index (Phi) is 2.87. The fourth-order valence-electron chi connectivity index (χ4n) is 0.807. The van der Waals surface area contributed by atoms with Crippen molar-refractivity contribution < 1.29 is 4.39 Å². The van der Waals surface area contributed by atoms with Gasteiger partial charge in [0.25, 0.3) is 0 Å². The van der Waals surface area contributed by atoms with E-state index in [0.717, 1.165) is 11.5 Å². The third-order valence-electron chi connectivity index (χ3n) is 1.50. The van der Waals surface area contributed by atoms with Crippen LogP contribution < -0.4 is 0 Å². The molecule has 0 aliphatic heterocycles. The lowest BCUT2D eigenvalue weighted by atomic mass is 10.0. The summed E-state index contributed by atoms with van der Waals surface area (Å²) in [6.45, 7) is 3.95. The van der Waals surface area contributed by atoms with Gasteiger partial charge in [-0.3, -0.25) is 0 Å². The monoisotopic (exact) mass is 263 g/mol. The lowest BCUT2D eigenvalue weighted by Crippen LogP contribution is -1.90. The number of benzene rings is 1. The van der Waals surface area contributed by atoms with E-state index in [-0.39, 0.29) is 5.82 Å². The zero-order valence-electron chi connectivity index (χ0n) is 6.49. The average Bonchev–Trinajstić information content (AvgIpc) is 1.94. The highest BCUT2D eigenvalue weighted by molar-refractivity contribution is 14.1. The van der Waals surface area contributed by atoms with Gasteiger partial charge in [-0.05, 0) is 46.2 Å². The molecule has 0 heterocycles. The molecule has 0 unspecified atom stereocenters. The van der Waals surface area contributed by atoms with Crippen molar-refractivity contribution in [1.29, 1.82) is 0 Å². The molecule has 1 aromatic rings. The molecule has 0 aliphatic rings. The Morgan fingerprint density at radius 1 is 1.36 bits per heavy atom. The van der Waals surface area contributed by atoms with Crippen molar-refractivity contribution in [3.05, 3.63) is 39.1 Å². The van der Waals surface area contributed by atoms with E-state index in [4.69, 9.17) is 0 Å². The van der Waals surface area contributed by atoms with Gasteiger partial charge in [0.2, 0.25) is 0 Å². The van der Waals surface area contributed by atoms with Crippen molar-refractivity contribution >= 4 is 22.6 Å². The van der Waals surface area contributed by atoms with Gasteiger partial charge in [0.05, 0.1) is 0 Å². The second-order valence-electron chi connectivity index (χ2n) is 2.63. The number of hydrogen-bond acceptors (Lipinski definition) is 0. The van der Waals surface area contributed by atoms with Gasteiger partial charge in [-0.15, -0.1) is 0 Å². The second kappa shape index (κ2) is 3.52. The molecule has 0 spiro atoms. The van der Waals surface area contributed by atoms with Crippen LogP contribution in [0.15, 0.2) is 18.2 Å². The minimum atomic E-state index is -0.135. The molecule has 0 saturated carbocycles. The first kappa shape index (κ1) is 8.97. The molecule has 11 heavy (non-hydrogen) atoms. The molecule has 1 rings (SSSR count). The fourth-order valence-corrected chi connectivity index (χ4v) is 1.14. The summed E-state index contributed by atoms with van der Waals surface area (Å²) in [5.41, 5.74) is 0.975. The van der Waals surface area contributed by atoms with Gasteiger partial charge in [-0.1, -0.05) is 19.9 Å². The van der Waals surface area contributed by atoms with Crippen LogP contribution in [0.2, 0.25) is 0 Å². The minimum Gasteiger partial charge on any atom is -0.206 e. The molecule has 0 bridgehead atoms. The van der Waals surface area contributed by atoms with Crippen LogP contribution >= 0.6 is 22.6 Å². The minimum absolute atomic E-state index is 0.135. The topological polar surface area (TPSA) is 0 Å². The summed E-state index contributed by atoms with van der Waals surface area (Å²) in [4.78, 5) is 0. The van der Waals surface area contributed by atoms with Gasteiger partial charge >= 0.3 is 0 Å². The number of rotatable bonds is 1. The van der Waals surface area contributed by atoms with Crippen LogP contribution in [0.1, 0.15) is 19.4 Å². The van der Waals surface area contributed by atoms with Crippen LogP contribution in [0.25, 0.3) is 0 Å². The molecule has 2 heteroatoms. The molecular formula is C9H9FI. The molecule has 1 radical (unpaired) electrons. The smallest absolute Gasteiger partial charge is 0.136 e. The molecule has 1 aromatic carbocycles. The zero-order chi connectivity index (χ0) is 8.43. The predicted octanol–water partition coefficient (Wildman–Crippen LogP) is 3.39. The molecule has 0 N–H and O–H groups in total. The highest BCUT2D eigenvalue weighted by Crippen LogP contribution is 2.17. The maximum absolute atomic E-state index is 12.9. The van der Waals surface area contributed by atoms with E-state index < -0.39 is 0 Å². The van der Waals surface area contributed by atoms with Gasteiger partial charge in [0.1, 0.15) is 5.82 Å². The molecule has 0 aliphatic carbocycles. The maximum Gasteiger partial charge on any atom is 0.136 e. The molecule has 0 aromatic heterocycles. The molecule has 0 atom stereocenters. The van der Waals surface area contributed by atoms with E-state index in [2.05, 4.69) is 0 Å². The van der Waals surface area contributed by atoms with Crippen LogP contribution in [0, 0.1) is 15.3 Å². The maximum atomic E-state index is 12.9. The molecule has 0 amide bonds. The van der Waals surface area contributed by atoms with Crippen LogP contribution in [-0.2, 0) is 0 Å². The Balaban J connectivity index is 3.05. The predicted molar refractivity (Wildman–Crippen MR) is 52.8 cm³/mol. The largest absolute Gasteiger partial charge is 0.206 e. The molecular weight excluding hydrogens is 254 g/mol. The Bertz CT molecular complexity index is 256. The molecule has 59 valence electrons. The second-order valence-corrected chi connectivity index (χ2v) is 3.79. The van der Waals surface area contributed by atoms with Crippen molar-refractivity contribution in [2.75, 3.05) is 0 Å². The number of halogens is 2. The summed E-state index contributed by atoms with van der Waals surface area (Å²) in [6.07, 6.45) is 0. The molecule has 0 fully saturated rings. The quantitative estimate of drug-likeness (QED) is 0.681. The highest BCUT2D eigenvalue weighted by atomic mass is 127. The van der Waals surface area contributed by atoms with E-state index in [9.17, 15) is 4.39 Å². The summed E-state index contributed by atoms with van der Waals surface area (Å²) in [5, 5.41) is 0. The third-order valence-corrected chi connectivity index (χ3v) is 2.37. The summed E-state index contributed by atoms with van der Waals surface area (Å²) in [5.74, 6) is 1.00. The van der Waals surface area contributed by atoms with Crippen molar-refractivity contribution in [2.24, 2.45) is 0 Å². The Morgan fingerprint density at radius 3 is 2.45 bits per heavy atom. The highest BCUT2D eigenvalue weighted by Gasteiger charge is 2.03. The molecule has 0 saturated heterocycles. The van der Waals surface area contributed by atoms with Gasteiger partial charge in [0, 0.05) is 3.57 Å². The van der Waals surface area contributed by atoms with E-state index in [0.29, 0.717) is 3.57 Å². The summed E-state index contributed by atoms with van der Waals surface area (Å²) < 4.78 is 13.6. The van der Waals surface area contributed by atoms with Crippen molar-refractivity contribution in [2.45, 2.75) is 13.8 Å². The van der Waals surface area contributed by atoms with Crippen molar-refractivity contribution in [3.8, 4) is 0 Å². The normalized spacial score (nSPS) is 10.6. The van der Waals surface area contributed by atoms with E-state index in [1.54, 1.807) is 12.1 Å². The Morgan fingerprint density at radius 2 is 2.00 bits per heavy atom. The summed E-state index contributed by atoms with van der Waals surface area (Å²) in [6, 6.07) is 5.29. The van der Waals surface area contributed by atoms with Crippen molar-refractivity contribution in [1.82, 2.24) is 0 Å². The standard InChI is InChI=1S/C9H9FI/c1-6(2)7-3-4-9(11)8(10)5-7/h3-5H,1-2H3. The first-order chi connectivity index (χ1) is 5.11. The summed E-state index contributed by atoms with van der Waals surface area (Å²) in [7, 11) is 0. The van der Waals surface area contributed by atoms with Crippen LogP contribution in [0.3, 0.4) is 0 Å². The fraction of sp³-hybridized carbons (Fsp3) is 0.222. The third kappa shape index (κ3) is 2.15. The Hall–Kier alpha value is -0.120. The first-order valence-electron chi connectivity index (χ1n) is 3.37. The van der Waals surface area contributed by atoms with Gasteiger partial charge < -0.3 is 0 Å². The van der Waals surface area contributed by atoms with Crippen LogP contribution in [0.5, 0.6) is 0 Å². The van der Waals surface area contributed by atoms with Gasteiger partial charge in [-0.2, -0.15) is 0 Å². The number of hydrogen-bond donors (Lipinski definition) is 0. The lowest BCUT2D eigenvalue weighted by molar-refractivity contribution is 0.618. The zero-order valence-corrected chi connectivity index (χ0v) is 8.65. The average molecular weight is 263 g/mol. The van der Waals surface area contributed by atoms with Crippen LogP contribution in [0.4, 0.5) is 4.39 Å². The van der Waals surface area contributed by atoms with Gasteiger partial charge in [0.15, 0.2) is 0 Å². The SMILES string of the molecule is C[C](C)c1ccc(I)c(F)c1. The lowest BCUT2D eigenvalue weighted by Gasteiger charge is -2.04. The van der Waals surface area contributed by atoms with E-state index in [1.807, 2.05) is 42.5 Å². The van der Waals surface area contributed by atoms with Gasteiger partial charge in [-0.25, -0.2) is 4.39 Å². The van der Waals surface area contributed by atoms with E-state index >= 15 is 0 Å². The van der Waals surface area contributed by atoms with Crippen molar-refractivity contribution in [3.63, 3.8) is 0 Å². The van der Waals surface area contributed by atoms with E-state index in [1.165, 1.54) is 0 Å². The summed E-state index contributed by atoms with van der Waals surface area (Å²) >= 11 is 1.98. The molecule has 0 nitrogen and oxygen atoms in total.